The van der Waals surface area contributed by atoms with Gasteiger partial charge < -0.3 is 5.32 Å². The zero-order valence-corrected chi connectivity index (χ0v) is 11.1. The highest BCUT2D eigenvalue weighted by molar-refractivity contribution is 5.61. The molecule has 1 N–H and O–H groups in total. The van der Waals surface area contributed by atoms with E-state index in [1.54, 1.807) is 0 Å². The van der Waals surface area contributed by atoms with Gasteiger partial charge >= 0.3 is 0 Å². The fourth-order valence-electron chi connectivity index (χ4n) is 2.60. The van der Waals surface area contributed by atoms with Crippen LogP contribution in [0, 0.1) is 27.8 Å². The molecule has 1 aromatic carbocycles. The van der Waals surface area contributed by atoms with Gasteiger partial charge in [-0.2, -0.15) is 0 Å². The molecule has 0 aromatic heterocycles. The van der Waals surface area contributed by atoms with Crippen molar-refractivity contribution in [3.05, 3.63) is 34.1 Å². The molecule has 104 valence electrons. The average molecular weight is 266 g/mol. The van der Waals surface area contributed by atoms with E-state index < -0.39 is 10.7 Å². The van der Waals surface area contributed by atoms with Crippen molar-refractivity contribution in [1.29, 1.82) is 0 Å². The molecule has 1 fully saturated rings. The summed E-state index contributed by atoms with van der Waals surface area (Å²) >= 11 is 0. The molecule has 19 heavy (non-hydrogen) atoms. The molecule has 0 heterocycles. The fourth-order valence-corrected chi connectivity index (χ4v) is 2.60. The van der Waals surface area contributed by atoms with Crippen LogP contribution in [-0.2, 0) is 0 Å². The van der Waals surface area contributed by atoms with Crippen molar-refractivity contribution >= 4 is 11.4 Å². The first-order valence-electron chi connectivity index (χ1n) is 6.74. The number of rotatable bonds is 4. The Hall–Kier alpha value is -1.65. The third kappa shape index (κ3) is 3.66. The molecule has 0 bridgehead atoms. The van der Waals surface area contributed by atoms with E-state index in [2.05, 4.69) is 12.2 Å². The SMILES string of the molecule is CC1CCC(CNc2cc(F)ccc2[N+](=O)[O-])CC1. The summed E-state index contributed by atoms with van der Waals surface area (Å²) < 4.78 is 13.2. The fraction of sp³-hybridized carbons (Fsp3) is 0.571. The molecule has 1 aliphatic rings. The Balaban J connectivity index is 1.98. The number of anilines is 1. The number of benzene rings is 1. The van der Waals surface area contributed by atoms with E-state index in [0.717, 1.165) is 24.8 Å². The first-order chi connectivity index (χ1) is 9.06. The summed E-state index contributed by atoms with van der Waals surface area (Å²) in [6.07, 6.45) is 4.68. The smallest absolute Gasteiger partial charge is 0.292 e. The molecule has 0 spiro atoms. The van der Waals surface area contributed by atoms with E-state index in [9.17, 15) is 14.5 Å². The van der Waals surface area contributed by atoms with Crippen LogP contribution in [0.1, 0.15) is 32.6 Å². The van der Waals surface area contributed by atoms with Crippen molar-refractivity contribution in [2.45, 2.75) is 32.6 Å². The van der Waals surface area contributed by atoms with E-state index in [-0.39, 0.29) is 11.4 Å². The summed E-state index contributed by atoms with van der Waals surface area (Å²) in [6.45, 7) is 2.93. The number of halogens is 1. The van der Waals surface area contributed by atoms with E-state index in [4.69, 9.17) is 0 Å². The van der Waals surface area contributed by atoms with Gasteiger partial charge in [-0.1, -0.05) is 19.8 Å². The van der Waals surface area contributed by atoms with E-state index in [1.807, 2.05) is 0 Å². The molecular formula is C14H19FN2O2. The summed E-state index contributed by atoms with van der Waals surface area (Å²) in [7, 11) is 0. The molecule has 0 saturated heterocycles. The first-order valence-corrected chi connectivity index (χ1v) is 6.74. The lowest BCUT2D eigenvalue weighted by atomic mass is 9.83. The van der Waals surface area contributed by atoms with Crippen LogP contribution in [0.2, 0.25) is 0 Å². The van der Waals surface area contributed by atoms with Gasteiger partial charge in [0.05, 0.1) is 4.92 Å². The van der Waals surface area contributed by atoms with Crippen molar-refractivity contribution in [3.63, 3.8) is 0 Å². The third-order valence-corrected chi connectivity index (χ3v) is 3.87. The van der Waals surface area contributed by atoms with Gasteiger partial charge in [0.25, 0.3) is 5.69 Å². The predicted molar refractivity (Wildman–Crippen MR) is 72.7 cm³/mol. The topological polar surface area (TPSA) is 55.2 Å². The number of nitro groups is 1. The minimum atomic E-state index is -0.481. The van der Waals surface area contributed by atoms with Crippen LogP contribution in [0.25, 0.3) is 0 Å². The van der Waals surface area contributed by atoms with Gasteiger partial charge in [0, 0.05) is 18.7 Å². The summed E-state index contributed by atoms with van der Waals surface area (Å²) in [5, 5.41) is 13.9. The van der Waals surface area contributed by atoms with Gasteiger partial charge in [-0.25, -0.2) is 4.39 Å². The molecule has 0 unspecified atom stereocenters. The van der Waals surface area contributed by atoms with Gasteiger partial charge in [-0.15, -0.1) is 0 Å². The van der Waals surface area contributed by atoms with Crippen LogP contribution in [0.3, 0.4) is 0 Å². The molecule has 1 aromatic rings. The van der Waals surface area contributed by atoms with Crippen molar-refractivity contribution in [2.75, 3.05) is 11.9 Å². The van der Waals surface area contributed by atoms with Gasteiger partial charge in [0.2, 0.25) is 0 Å². The van der Waals surface area contributed by atoms with E-state index in [1.165, 1.54) is 25.0 Å². The van der Waals surface area contributed by atoms with Gasteiger partial charge in [0.15, 0.2) is 0 Å². The second-order valence-corrected chi connectivity index (χ2v) is 5.43. The molecule has 0 aliphatic heterocycles. The van der Waals surface area contributed by atoms with Crippen molar-refractivity contribution in [1.82, 2.24) is 0 Å². The second kappa shape index (κ2) is 5.99. The number of nitrogens with one attached hydrogen (secondary N) is 1. The van der Waals surface area contributed by atoms with Crippen LogP contribution < -0.4 is 5.32 Å². The highest BCUT2D eigenvalue weighted by atomic mass is 19.1. The van der Waals surface area contributed by atoms with Crippen LogP contribution >= 0.6 is 0 Å². The summed E-state index contributed by atoms with van der Waals surface area (Å²) in [5.41, 5.74) is 0.217. The minimum absolute atomic E-state index is 0.0643. The maximum Gasteiger partial charge on any atom is 0.292 e. The lowest BCUT2D eigenvalue weighted by molar-refractivity contribution is -0.384. The molecule has 0 amide bonds. The van der Waals surface area contributed by atoms with E-state index >= 15 is 0 Å². The number of nitro benzene ring substituents is 1. The maximum atomic E-state index is 13.2. The average Bonchev–Trinajstić information content (AvgIpc) is 2.38. The second-order valence-electron chi connectivity index (χ2n) is 5.43. The Kier molecular flexibility index (Phi) is 4.35. The van der Waals surface area contributed by atoms with Crippen LogP contribution in [-0.4, -0.2) is 11.5 Å². The minimum Gasteiger partial charge on any atom is -0.379 e. The van der Waals surface area contributed by atoms with Gasteiger partial charge in [0.1, 0.15) is 11.5 Å². The molecule has 0 radical (unpaired) electrons. The summed E-state index contributed by atoms with van der Waals surface area (Å²) in [4.78, 5) is 10.4. The predicted octanol–water partition coefficient (Wildman–Crippen LogP) is 3.97. The van der Waals surface area contributed by atoms with E-state index in [0.29, 0.717) is 12.5 Å². The standard InChI is InChI=1S/C14H19FN2O2/c1-10-2-4-11(5-3-10)9-16-13-8-12(15)6-7-14(13)17(18)19/h6-8,10-11,16H,2-5,9H2,1H3. The monoisotopic (exact) mass is 266 g/mol. The highest BCUT2D eigenvalue weighted by Gasteiger charge is 2.20. The molecule has 4 nitrogen and oxygen atoms in total. The summed E-state index contributed by atoms with van der Waals surface area (Å²) in [5.74, 6) is 0.851. The van der Waals surface area contributed by atoms with Gasteiger partial charge in [-0.05, 0) is 30.7 Å². The molecule has 2 rings (SSSR count). The first kappa shape index (κ1) is 13.8. The Morgan fingerprint density at radius 2 is 2.05 bits per heavy atom. The number of nitrogens with zero attached hydrogens (tertiary/aromatic N) is 1. The molecule has 1 aliphatic carbocycles. The van der Waals surface area contributed by atoms with Crippen molar-refractivity contribution in [3.8, 4) is 0 Å². The summed E-state index contributed by atoms with van der Waals surface area (Å²) in [6, 6.07) is 3.52. The molecular weight excluding hydrogens is 247 g/mol. The quantitative estimate of drug-likeness (QED) is 0.662. The number of hydrogen-bond donors (Lipinski definition) is 1. The zero-order chi connectivity index (χ0) is 13.8. The van der Waals surface area contributed by atoms with Crippen molar-refractivity contribution < 1.29 is 9.31 Å². The molecule has 0 atom stereocenters. The number of hydrogen-bond acceptors (Lipinski definition) is 3. The normalized spacial score (nSPS) is 23.1. The Morgan fingerprint density at radius 1 is 1.37 bits per heavy atom. The third-order valence-electron chi connectivity index (χ3n) is 3.87. The lowest BCUT2D eigenvalue weighted by Crippen LogP contribution is -2.20. The zero-order valence-electron chi connectivity index (χ0n) is 11.1. The van der Waals surface area contributed by atoms with Crippen molar-refractivity contribution in [2.24, 2.45) is 11.8 Å². The maximum absolute atomic E-state index is 13.2. The van der Waals surface area contributed by atoms with Crippen LogP contribution in [0.5, 0.6) is 0 Å². The Labute approximate surface area is 112 Å². The Bertz CT molecular complexity index is 457. The largest absolute Gasteiger partial charge is 0.379 e. The van der Waals surface area contributed by atoms with Crippen LogP contribution in [0.4, 0.5) is 15.8 Å². The van der Waals surface area contributed by atoms with Crippen LogP contribution in [0.15, 0.2) is 18.2 Å². The molecule has 5 heteroatoms. The highest BCUT2D eigenvalue weighted by Crippen LogP contribution is 2.30. The molecule has 1 saturated carbocycles. The lowest BCUT2D eigenvalue weighted by Gasteiger charge is -2.26. The van der Waals surface area contributed by atoms with Gasteiger partial charge in [-0.3, -0.25) is 10.1 Å². The Morgan fingerprint density at radius 3 is 2.68 bits per heavy atom.